The first kappa shape index (κ1) is 17.5. The number of rotatable bonds is 5. The molecular formula is C26H24O. The van der Waals surface area contributed by atoms with Gasteiger partial charge in [0.25, 0.3) is 0 Å². The highest BCUT2D eigenvalue weighted by molar-refractivity contribution is 5.89. The molecule has 0 N–H and O–H groups in total. The number of hydrogen-bond donors (Lipinski definition) is 0. The molecule has 4 rings (SSSR count). The zero-order valence-corrected chi connectivity index (χ0v) is 15.6. The van der Waals surface area contributed by atoms with E-state index in [9.17, 15) is 4.79 Å². The Labute approximate surface area is 161 Å². The molecule has 0 amide bonds. The van der Waals surface area contributed by atoms with Crippen LogP contribution in [0.5, 0.6) is 0 Å². The Balaban J connectivity index is 1.65. The molecule has 3 aromatic carbocycles. The number of carbonyl (C=O) groups is 1. The van der Waals surface area contributed by atoms with Crippen LogP contribution in [-0.2, 0) is 11.2 Å². The van der Waals surface area contributed by atoms with Crippen LogP contribution >= 0.6 is 0 Å². The molecule has 0 bridgehead atoms. The summed E-state index contributed by atoms with van der Waals surface area (Å²) in [6, 6.07) is 29.2. The Morgan fingerprint density at radius 3 is 2.15 bits per heavy atom. The Kier molecular flexibility index (Phi) is 5.02. The molecule has 0 aliphatic heterocycles. The van der Waals surface area contributed by atoms with Crippen molar-refractivity contribution in [3.8, 4) is 0 Å². The highest BCUT2D eigenvalue weighted by Gasteiger charge is 2.34. The van der Waals surface area contributed by atoms with E-state index in [1.807, 2.05) is 36.4 Å². The molecule has 1 aliphatic rings. The van der Waals surface area contributed by atoms with Crippen molar-refractivity contribution < 1.29 is 4.79 Å². The summed E-state index contributed by atoms with van der Waals surface area (Å²) in [6.07, 6.45) is 3.62. The molecule has 1 heteroatoms. The van der Waals surface area contributed by atoms with Crippen molar-refractivity contribution in [1.29, 1.82) is 0 Å². The summed E-state index contributed by atoms with van der Waals surface area (Å²) in [5.74, 6) is 0.456. The van der Waals surface area contributed by atoms with Gasteiger partial charge < -0.3 is 0 Å². The minimum absolute atomic E-state index is 0.0666. The van der Waals surface area contributed by atoms with Crippen LogP contribution in [0.15, 0.2) is 91.0 Å². The van der Waals surface area contributed by atoms with Gasteiger partial charge in [0, 0.05) is 18.3 Å². The fourth-order valence-corrected chi connectivity index (χ4v) is 4.00. The third-order valence-electron chi connectivity index (χ3n) is 5.50. The molecule has 2 unspecified atom stereocenters. The number of Topliss-reactive ketones (excluding diaryl/α,β-unsaturated/α-hetero) is 1. The van der Waals surface area contributed by atoms with Gasteiger partial charge in [-0.05, 0) is 35.6 Å². The lowest BCUT2D eigenvalue weighted by molar-refractivity contribution is -0.121. The van der Waals surface area contributed by atoms with Crippen molar-refractivity contribution in [3.05, 3.63) is 113 Å². The highest BCUT2D eigenvalue weighted by Crippen LogP contribution is 2.43. The molecule has 0 aromatic heterocycles. The van der Waals surface area contributed by atoms with Gasteiger partial charge in [0.05, 0.1) is 0 Å². The lowest BCUT2D eigenvalue weighted by Crippen LogP contribution is -2.19. The third kappa shape index (κ3) is 3.93. The molecule has 0 spiro atoms. The maximum atomic E-state index is 13.2. The first-order valence-electron chi connectivity index (χ1n) is 9.60. The lowest BCUT2D eigenvalue weighted by Gasteiger charge is -2.19. The van der Waals surface area contributed by atoms with Crippen LogP contribution in [0.1, 0.15) is 34.6 Å². The summed E-state index contributed by atoms with van der Waals surface area (Å²) in [7, 11) is 0. The van der Waals surface area contributed by atoms with E-state index < -0.39 is 0 Å². The number of carbonyl (C=O) groups excluding carboxylic acids is 1. The predicted molar refractivity (Wildman–Crippen MR) is 112 cm³/mol. The maximum Gasteiger partial charge on any atom is 0.144 e. The Hall–Kier alpha value is -2.93. The zero-order valence-electron chi connectivity index (χ0n) is 15.6. The van der Waals surface area contributed by atoms with Crippen molar-refractivity contribution in [2.75, 3.05) is 0 Å². The average molecular weight is 352 g/mol. The second-order valence-corrected chi connectivity index (χ2v) is 7.43. The average Bonchev–Trinajstić information content (AvgIpc) is 3.16. The smallest absolute Gasteiger partial charge is 0.144 e. The predicted octanol–water partition coefficient (Wildman–Crippen LogP) is 5.99. The molecule has 0 heterocycles. The van der Waals surface area contributed by atoms with Gasteiger partial charge in [0.1, 0.15) is 5.78 Å². The molecule has 2 atom stereocenters. The lowest BCUT2D eigenvalue weighted by atomic mass is 9.83. The quantitative estimate of drug-likeness (QED) is 0.551. The molecular weight excluding hydrogens is 328 g/mol. The second-order valence-electron chi connectivity index (χ2n) is 7.43. The van der Waals surface area contributed by atoms with Crippen molar-refractivity contribution in [1.82, 2.24) is 0 Å². The van der Waals surface area contributed by atoms with Gasteiger partial charge in [-0.25, -0.2) is 0 Å². The Morgan fingerprint density at radius 1 is 0.852 bits per heavy atom. The van der Waals surface area contributed by atoms with Crippen LogP contribution in [0.2, 0.25) is 0 Å². The number of aryl methyl sites for hydroxylation is 1. The molecule has 0 radical (unpaired) electrons. The van der Waals surface area contributed by atoms with E-state index in [2.05, 4.69) is 61.5 Å². The molecule has 0 fully saturated rings. The SMILES string of the molecule is Cc1ccc(C2CC(c3ccccc3)=CC2C(=O)Cc2ccccc2)cc1. The molecule has 134 valence electrons. The van der Waals surface area contributed by atoms with Crippen molar-refractivity contribution in [2.24, 2.45) is 5.92 Å². The van der Waals surface area contributed by atoms with E-state index in [4.69, 9.17) is 0 Å². The van der Waals surface area contributed by atoms with Crippen LogP contribution in [-0.4, -0.2) is 5.78 Å². The fourth-order valence-electron chi connectivity index (χ4n) is 4.00. The van der Waals surface area contributed by atoms with Crippen LogP contribution in [0.25, 0.3) is 5.57 Å². The summed E-state index contributed by atoms with van der Waals surface area (Å²) >= 11 is 0. The van der Waals surface area contributed by atoms with Gasteiger partial charge in [-0.15, -0.1) is 0 Å². The van der Waals surface area contributed by atoms with E-state index in [0.717, 1.165) is 12.0 Å². The van der Waals surface area contributed by atoms with E-state index in [0.29, 0.717) is 12.2 Å². The van der Waals surface area contributed by atoms with Gasteiger partial charge in [-0.3, -0.25) is 4.79 Å². The molecule has 1 aliphatic carbocycles. The summed E-state index contributed by atoms with van der Waals surface area (Å²) in [6.45, 7) is 2.10. The zero-order chi connectivity index (χ0) is 18.6. The fraction of sp³-hybridized carbons (Fsp3) is 0.192. The van der Waals surface area contributed by atoms with Gasteiger partial charge in [-0.2, -0.15) is 0 Å². The first-order chi connectivity index (χ1) is 13.2. The normalized spacial score (nSPS) is 18.9. The van der Waals surface area contributed by atoms with Crippen molar-refractivity contribution in [2.45, 2.75) is 25.7 Å². The number of benzene rings is 3. The van der Waals surface area contributed by atoms with E-state index in [-0.39, 0.29) is 11.8 Å². The van der Waals surface area contributed by atoms with Crippen molar-refractivity contribution in [3.63, 3.8) is 0 Å². The summed E-state index contributed by atoms with van der Waals surface area (Å²) in [5, 5.41) is 0. The molecule has 3 aromatic rings. The van der Waals surface area contributed by atoms with Crippen LogP contribution in [0, 0.1) is 12.8 Å². The minimum atomic E-state index is -0.0666. The molecule has 0 saturated carbocycles. The second kappa shape index (κ2) is 7.75. The van der Waals surface area contributed by atoms with Crippen molar-refractivity contribution >= 4 is 11.4 Å². The summed E-state index contributed by atoms with van der Waals surface area (Å²) in [5.41, 5.74) is 6.11. The van der Waals surface area contributed by atoms with Crippen LogP contribution in [0.3, 0.4) is 0 Å². The van der Waals surface area contributed by atoms with Gasteiger partial charge in [0.15, 0.2) is 0 Å². The Morgan fingerprint density at radius 2 is 1.48 bits per heavy atom. The van der Waals surface area contributed by atoms with Gasteiger partial charge in [0.2, 0.25) is 0 Å². The molecule has 0 saturated heterocycles. The van der Waals surface area contributed by atoms with Crippen LogP contribution < -0.4 is 0 Å². The molecule has 1 nitrogen and oxygen atoms in total. The van der Waals surface area contributed by atoms with E-state index >= 15 is 0 Å². The summed E-state index contributed by atoms with van der Waals surface area (Å²) < 4.78 is 0. The largest absolute Gasteiger partial charge is 0.299 e. The maximum absolute atomic E-state index is 13.2. The number of hydrogen-bond acceptors (Lipinski definition) is 1. The van der Waals surface area contributed by atoms with Gasteiger partial charge >= 0.3 is 0 Å². The number of ketones is 1. The minimum Gasteiger partial charge on any atom is -0.299 e. The van der Waals surface area contributed by atoms with E-state index in [1.54, 1.807) is 0 Å². The molecule has 27 heavy (non-hydrogen) atoms. The number of allylic oxidation sites excluding steroid dienone is 2. The summed E-state index contributed by atoms with van der Waals surface area (Å²) in [4.78, 5) is 13.2. The monoisotopic (exact) mass is 352 g/mol. The van der Waals surface area contributed by atoms with E-state index in [1.165, 1.54) is 22.3 Å². The highest BCUT2D eigenvalue weighted by atomic mass is 16.1. The standard InChI is InChI=1S/C26H24O/c1-19-12-14-22(15-13-19)24-17-23(21-10-6-3-7-11-21)18-25(24)26(27)16-20-8-4-2-5-9-20/h2-15,18,24-25H,16-17H2,1H3. The third-order valence-corrected chi connectivity index (χ3v) is 5.50. The first-order valence-corrected chi connectivity index (χ1v) is 9.60. The van der Waals surface area contributed by atoms with Crippen LogP contribution in [0.4, 0.5) is 0 Å². The van der Waals surface area contributed by atoms with Gasteiger partial charge in [-0.1, -0.05) is 96.6 Å². The topological polar surface area (TPSA) is 17.1 Å². The Bertz CT molecular complexity index is 937.